The number of halogens is 2. The zero-order valence-corrected chi connectivity index (χ0v) is 11.4. The molecule has 1 aliphatic rings. The topological polar surface area (TPSA) is 35.8 Å². The third kappa shape index (κ3) is 2.59. The Morgan fingerprint density at radius 3 is 2.57 bits per heavy atom. The van der Waals surface area contributed by atoms with Crippen LogP contribution in [0.4, 0.5) is 14.5 Å². The van der Waals surface area contributed by atoms with Gasteiger partial charge in [-0.3, -0.25) is 0 Å². The third-order valence-corrected chi connectivity index (χ3v) is 3.91. The Morgan fingerprint density at radius 1 is 1.05 bits per heavy atom. The van der Waals surface area contributed by atoms with Gasteiger partial charge in [0.1, 0.15) is 6.07 Å². The summed E-state index contributed by atoms with van der Waals surface area (Å²) in [5.41, 5.74) is 2.42. The molecule has 21 heavy (non-hydrogen) atoms. The Hall–Kier alpha value is -2.41. The van der Waals surface area contributed by atoms with Gasteiger partial charge in [0.05, 0.1) is 11.3 Å². The van der Waals surface area contributed by atoms with Gasteiger partial charge in [0.25, 0.3) is 0 Å². The second-order valence-corrected chi connectivity index (χ2v) is 5.25. The first-order valence-corrected chi connectivity index (χ1v) is 6.90. The largest absolute Gasteiger partial charge is 0.380 e. The predicted molar refractivity (Wildman–Crippen MR) is 77.0 cm³/mol. The second-order valence-electron chi connectivity index (χ2n) is 5.25. The number of benzene rings is 2. The Bertz CT molecular complexity index is 719. The molecule has 1 aliphatic carbocycles. The number of anilines is 1. The average Bonchev–Trinajstić information content (AvgIpc) is 2.52. The van der Waals surface area contributed by atoms with Crippen LogP contribution in [0, 0.1) is 23.0 Å². The van der Waals surface area contributed by atoms with Gasteiger partial charge < -0.3 is 5.32 Å². The lowest BCUT2D eigenvalue weighted by molar-refractivity contribution is 0.505. The number of nitrogens with zero attached hydrogens (tertiary/aromatic N) is 1. The van der Waals surface area contributed by atoms with Crippen LogP contribution in [0.3, 0.4) is 0 Å². The third-order valence-electron chi connectivity index (χ3n) is 3.91. The molecule has 106 valence electrons. The molecule has 1 unspecified atom stereocenters. The maximum absolute atomic E-state index is 13.9. The average molecular weight is 284 g/mol. The zero-order chi connectivity index (χ0) is 14.8. The lowest BCUT2D eigenvalue weighted by Crippen LogP contribution is -2.27. The van der Waals surface area contributed by atoms with Gasteiger partial charge in [0.2, 0.25) is 0 Å². The van der Waals surface area contributed by atoms with E-state index in [-0.39, 0.29) is 17.3 Å². The summed E-state index contributed by atoms with van der Waals surface area (Å²) < 4.78 is 27.5. The lowest BCUT2D eigenvalue weighted by atomic mass is 9.88. The first-order chi connectivity index (χ1) is 10.2. The normalized spacial score (nSPS) is 16.9. The van der Waals surface area contributed by atoms with E-state index in [9.17, 15) is 8.78 Å². The molecule has 2 aromatic rings. The van der Waals surface area contributed by atoms with Crippen LogP contribution in [0.1, 0.15) is 23.1 Å². The van der Waals surface area contributed by atoms with E-state index in [1.54, 1.807) is 6.07 Å². The van der Waals surface area contributed by atoms with Gasteiger partial charge >= 0.3 is 0 Å². The van der Waals surface area contributed by atoms with E-state index >= 15 is 0 Å². The van der Waals surface area contributed by atoms with Gasteiger partial charge in [-0.2, -0.15) is 5.26 Å². The fraction of sp³-hybridized carbons (Fsp3) is 0.235. The van der Waals surface area contributed by atoms with Crippen LogP contribution < -0.4 is 5.32 Å². The van der Waals surface area contributed by atoms with Crippen LogP contribution in [-0.2, 0) is 12.8 Å². The molecular formula is C17H14F2N2. The molecule has 1 atom stereocenters. The quantitative estimate of drug-likeness (QED) is 0.910. The van der Waals surface area contributed by atoms with Crippen LogP contribution in [0.25, 0.3) is 0 Å². The molecular weight excluding hydrogens is 270 g/mol. The number of aryl methyl sites for hydroxylation is 1. The SMILES string of the molecule is N#Cc1ccc(NC2CCc3ccccc3C2)c(F)c1F. The fourth-order valence-electron chi connectivity index (χ4n) is 2.79. The second kappa shape index (κ2) is 5.53. The molecule has 0 heterocycles. The van der Waals surface area contributed by atoms with Crippen molar-refractivity contribution in [2.45, 2.75) is 25.3 Å². The Morgan fingerprint density at radius 2 is 1.81 bits per heavy atom. The molecule has 4 heteroatoms. The molecule has 0 fully saturated rings. The van der Waals surface area contributed by atoms with Crippen molar-refractivity contribution in [2.75, 3.05) is 5.32 Å². The fourth-order valence-corrected chi connectivity index (χ4v) is 2.79. The summed E-state index contributed by atoms with van der Waals surface area (Å²) in [7, 11) is 0. The van der Waals surface area contributed by atoms with Crippen LogP contribution in [0.5, 0.6) is 0 Å². The molecule has 2 nitrogen and oxygen atoms in total. The van der Waals surface area contributed by atoms with Gasteiger partial charge in [0.15, 0.2) is 11.6 Å². The molecule has 0 aromatic heterocycles. The number of rotatable bonds is 2. The monoisotopic (exact) mass is 284 g/mol. The van der Waals surface area contributed by atoms with Crippen LogP contribution in [0.2, 0.25) is 0 Å². The van der Waals surface area contributed by atoms with Crippen LogP contribution in [0.15, 0.2) is 36.4 Å². The van der Waals surface area contributed by atoms with E-state index in [0.717, 1.165) is 19.3 Å². The molecule has 0 aliphatic heterocycles. The molecule has 1 N–H and O–H groups in total. The summed E-state index contributed by atoms with van der Waals surface area (Å²) in [5.74, 6) is -2.06. The van der Waals surface area contributed by atoms with Crippen molar-refractivity contribution in [3.8, 4) is 6.07 Å². The smallest absolute Gasteiger partial charge is 0.183 e. The van der Waals surface area contributed by atoms with Gasteiger partial charge in [-0.1, -0.05) is 24.3 Å². The van der Waals surface area contributed by atoms with Crippen molar-refractivity contribution < 1.29 is 8.78 Å². The minimum atomic E-state index is -1.08. The highest BCUT2D eigenvalue weighted by atomic mass is 19.2. The maximum atomic E-state index is 13.9. The number of fused-ring (bicyclic) bond motifs is 1. The van der Waals surface area contributed by atoms with E-state index in [4.69, 9.17) is 5.26 Å². The minimum absolute atomic E-state index is 0.0711. The van der Waals surface area contributed by atoms with E-state index in [0.29, 0.717) is 0 Å². The zero-order valence-electron chi connectivity index (χ0n) is 11.4. The Balaban J connectivity index is 1.80. The van der Waals surface area contributed by atoms with Crippen molar-refractivity contribution in [1.82, 2.24) is 0 Å². The molecule has 0 bridgehead atoms. The van der Waals surface area contributed by atoms with Crippen LogP contribution >= 0.6 is 0 Å². The molecule has 0 amide bonds. The molecule has 0 radical (unpaired) electrons. The Kier molecular flexibility index (Phi) is 3.57. The molecule has 0 saturated carbocycles. The Labute approximate surface area is 122 Å². The maximum Gasteiger partial charge on any atom is 0.183 e. The van der Waals surface area contributed by atoms with Crippen molar-refractivity contribution in [3.05, 3.63) is 64.7 Å². The summed E-state index contributed by atoms with van der Waals surface area (Å²) in [4.78, 5) is 0. The number of nitriles is 1. The standard InChI is InChI=1S/C17H14F2N2/c18-16-13(10-20)6-8-15(17(16)19)21-14-7-5-11-3-1-2-4-12(11)9-14/h1-4,6,8,14,21H,5,7,9H2. The van der Waals surface area contributed by atoms with Gasteiger partial charge in [-0.05, 0) is 42.5 Å². The van der Waals surface area contributed by atoms with E-state index < -0.39 is 11.6 Å². The summed E-state index contributed by atoms with van der Waals surface area (Å²) in [6.45, 7) is 0. The van der Waals surface area contributed by atoms with Crippen molar-refractivity contribution >= 4 is 5.69 Å². The molecule has 2 aromatic carbocycles. The highest BCUT2D eigenvalue weighted by Crippen LogP contribution is 2.26. The van der Waals surface area contributed by atoms with E-state index in [1.807, 2.05) is 12.1 Å². The first kappa shape index (κ1) is 13.6. The minimum Gasteiger partial charge on any atom is -0.380 e. The van der Waals surface area contributed by atoms with Gasteiger partial charge in [-0.25, -0.2) is 8.78 Å². The van der Waals surface area contributed by atoms with Crippen molar-refractivity contribution in [2.24, 2.45) is 0 Å². The van der Waals surface area contributed by atoms with E-state index in [2.05, 4.69) is 17.4 Å². The van der Waals surface area contributed by atoms with Crippen molar-refractivity contribution in [3.63, 3.8) is 0 Å². The summed E-state index contributed by atoms with van der Waals surface area (Å²) >= 11 is 0. The lowest BCUT2D eigenvalue weighted by Gasteiger charge is -2.26. The van der Waals surface area contributed by atoms with Gasteiger partial charge in [-0.15, -0.1) is 0 Å². The first-order valence-electron chi connectivity index (χ1n) is 6.90. The highest BCUT2D eigenvalue weighted by Gasteiger charge is 2.20. The van der Waals surface area contributed by atoms with E-state index in [1.165, 1.54) is 23.3 Å². The summed E-state index contributed by atoms with van der Waals surface area (Å²) in [5, 5.41) is 11.7. The highest BCUT2D eigenvalue weighted by molar-refractivity contribution is 5.51. The van der Waals surface area contributed by atoms with Crippen molar-refractivity contribution in [1.29, 1.82) is 5.26 Å². The van der Waals surface area contributed by atoms with Crippen LogP contribution in [-0.4, -0.2) is 6.04 Å². The molecule has 0 spiro atoms. The number of nitrogens with one attached hydrogen (secondary N) is 1. The summed E-state index contributed by atoms with van der Waals surface area (Å²) in [6.07, 6.45) is 2.59. The number of hydrogen-bond donors (Lipinski definition) is 1. The summed E-state index contributed by atoms with van der Waals surface area (Å²) in [6, 6.07) is 12.6. The molecule has 0 saturated heterocycles. The number of hydrogen-bond acceptors (Lipinski definition) is 2. The van der Waals surface area contributed by atoms with Gasteiger partial charge in [0, 0.05) is 6.04 Å². The molecule has 3 rings (SSSR count). The predicted octanol–water partition coefficient (Wildman–Crippen LogP) is 3.81.